The van der Waals surface area contributed by atoms with E-state index >= 15 is 0 Å². The van der Waals surface area contributed by atoms with Crippen LogP contribution in [0.1, 0.15) is 175 Å². The molecule has 2 heterocycles. The minimum Gasteiger partial charge on any atom is -0.455 e. The molecule has 15 rings (SSSR count). The summed E-state index contributed by atoms with van der Waals surface area (Å²) in [5.41, 5.74) is 21.3. The molecule has 0 fully saturated rings. The van der Waals surface area contributed by atoms with E-state index in [2.05, 4.69) is 401 Å². The molecular weight excluding hydrogens is 1250 g/mol. The Hall–Kier alpha value is -9.94. The van der Waals surface area contributed by atoms with Crippen molar-refractivity contribution in [3.63, 3.8) is 0 Å². The average molecular weight is 1350 g/mol. The van der Waals surface area contributed by atoms with E-state index in [1.165, 1.54) is 43.4 Å². The number of para-hydroxylation sites is 4. The normalized spacial score (nSPS) is 14.6. The molecule has 512 valence electrons. The molecule has 0 saturated carbocycles. The van der Waals surface area contributed by atoms with E-state index in [1.807, 2.05) is 0 Å². The van der Waals surface area contributed by atoms with Gasteiger partial charge >= 0.3 is 0 Å². The third-order valence-electron chi connectivity index (χ3n) is 22.2. The van der Waals surface area contributed by atoms with Crippen LogP contribution in [0.2, 0.25) is 5.04 Å². The zero-order valence-electron chi connectivity index (χ0n) is 63.1. The van der Waals surface area contributed by atoms with E-state index in [4.69, 9.17) is 8.83 Å². The predicted octanol–water partition coefficient (Wildman–Crippen LogP) is 25.5. The number of hydrogen-bond donors (Lipinski definition) is 0. The highest BCUT2D eigenvalue weighted by molar-refractivity contribution is 7.13. The fraction of sp³-hybridized carbons (Fsp3) is 0.258. The van der Waals surface area contributed by atoms with E-state index in [9.17, 15) is 0 Å². The van der Waals surface area contributed by atoms with Gasteiger partial charge in [0, 0.05) is 50.0 Å². The second kappa shape index (κ2) is 24.4. The van der Waals surface area contributed by atoms with Crippen LogP contribution in [-0.2, 0) is 32.5 Å². The summed E-state index contributed by atoms with van der Waals surface area (Å²) in [4.78, 5) is 4.93. The lowest BCUT2D eigenvalue weighted by atomic mass is 9.67. The Bertz CT molecular complexity index is 5390. The maximum atomic E-state index is 7.80. The smallest absolute Gasteiger partial charge is 0.160 e. The number of anilines is 6. The molecular formula is C97H98N2O2Si. The highest BCUT2D eigenvalue weighted by Crippen LogP contribution is 2.65. The van der Waals surface area contributed by atoms with E-state index in [0.717, 1.165) is 111 Å². The summed E-state index contributed by atoms with van der Waals surface area (Å²) < 4.78 is 15.4. The molecule has 0 bridgehead atoms. The van der Waals surface area contributed by atoms with Crippen LogP contribution in [0.4, 0.5) is 34.1 Å². The van der Waals surface area contributed by atoms with Crippen molar-refractivity contribution >= 4 is 102 Å². The zero-order valence-corrected chi connectivity index (χ0v) is 64.1. The standard InChI is InChI=1S/C97H98N2O2Si/c1-91(2,3)63-37-39-68(40-38-63)97(69-49-59-76(60-50-69)102(96(16,17)18,74-55-45-66(46-56-74)94(10,11)12)75-57-47-67(48-58-75)95(13,14)15)79-62-82(99(71-31-23-20-24-32-71)73-53-43-65(44-54-73)93(7,8)9)89-86(78-34-26-28-36-84(78)100-89)87(79)88-80(97)61-81(85-77-33-25-27-35-83(77)101-90(85)88)98(70-29-21-19-22-30-70)72-51-41-64(42-52-72)92(4,5)6/h19-62H,1-18H3. The predicted molar refractivity (Wildman–Crippen MR) is 438 cm³/mol. The summed E-state index contributed by atoms with van der Waals surface area (Å²) in [7, 11) is -3.01. The molecule has 0 aliphatic heterocycles. The molecule has 1 unspecified atom stereocenters. The fourth-order valence-corrected chi connectivity index (χ4v) is 22.4. The van der Waals surface area contributed by atoms with Gasteiger partial charge in [-0.05, 0) is 171 Å². The maximum absolute atomic E-state index is 7.80. The maximum Gasteiger partial charge on any atom is 0.160 e. The van der Waals surface area contributed by atoms with Gasteiger partial charge in [0.05, 0.1) is 22.2 Å². The van der Waals surface area contributed by atoms with E-state index in [-0.39, 0.29) is 32.1 Å². The highest BCUT2D eigenvalue weighted by Gasteiger charge is 2.53. The van der Waals surface area contributed by atoms with Gasteiger partial charge in [0.25, 0.3) is 0 Å². The SMILES string of the molecule is CC(C)(C)c1ccc(N(c2ccccc2)c2cc3c(c4c2oc2ccccc24)-c2c(cc(N(c4ccccc4)c4ccc(C(C)(C)C)cc4)c4c2oc2ccccc24)C3(c2ccc(C(C)(C)C)cc2)c2ccc([Si](c3ccc(C(C)(C)C)cc3)(c3ccc(C(C)(C)C)cc3)C(C)(C)C)cc2)cc1. The summed E-state index contributed by atoms with van der Waals surface area (Å²) in [6.45, 7) is 42.2. The first kappa shape index (κ1) is 67.9. The van der Waals surface area contributed by atoms with Crippen molar-refractivity contribution in [3.05, 3.63) is 317 Å². The van der Waals surface area contributed by atoms with Crippen LogP contribution in [0.3, 0.4) is 0 Å². The van der Waals surface area contributed by atoms with Crippen LogP contribution >= 0.6 is 0 Å². The van der Waals surface area contributed by atoms with Crippen LogP contribution in [0.15, 0.2) is 276 Å². The zero-order chi connectivity index (χ0) is 71.8. The van der Waals surface area contributed by atoms with Gasteiger partial charge in [0.2, 0.25) is 0 Å². The molecule has 1 aliphatic rings. The topological polar surface area (TPSA) is 32.8 Å². The average Bonchev–Trinajstić information content (AvgIpc) is 1.49. The van der Waals surface area contributed by atoms with Gasteiger partial charge in [-0.15, -0.1) is 0 Å². The second-order valence-electron chi connectivity index (χ2n) is 35.0. The van der Waals surface area contributed by atoms with Crippen molar-refractivity contribution in [1.29, 1.82) is 0 Å². The third-order valence-corrected chi connectivity index (χ3v) is 28.1. The lowest BCUT2D eigenvalue weighted by Crippen LogP contribution is -2.72. The summed E-state index contributed by atoms with van der Waals surface area (Å²) >= 11 is 0. The van der Waals surface area contributed by atoms with Gasteiger partial charge < -0.3 is 18.6 Å². The molecule has 102 heavy (non-hydrogen) atoms. The van der Waals surface area contributed by atoms with Gasteiger partial charge in [-0.25, -0.2) is 0 Å². The van der Waals surface area contributed by atoms with Gasteiger partial charge in [0.15, 0.2) is 13.7 Å². The fourth-order valence-electron chi connectivity index (χ4n) is 16.8. The van der Waals surface area contributed by atoms with E-state index in [1.54, 1.807) is 0 Å². The van der Waals surface area contributed by atoms with Crippen LogP contribution in [-0.4, -0.2) is 8.07 Å². The van der Waals surface area contributed by atoms with Crippen molar-refractivity contribution < 1.29 is 8.83 Å². The molecule has 1 aliphatic carbocycles. The highest BCUT2D eigenvalue weighted by atomic mass is 28.3. The monoisotopic (exact) mass is 1350 g/mol. The first-order chi connectivity index (χ1) is 48.4. The number of fused-ring (bicyclic) bond motifs is 11. The quantitative estimate of drug-likeness (QED) is 0.0954. The Morgan fingerprint density at radius 3 is 0.990 bits per heavy atom. The summed E-state index contributed by atoms with van der Waals surface area (Å²) in [5.74, 6) is 0. The molecule has 0 N–H and O–H groups in total. The van der Waals surface area contributed by atoms with Crippen molar-refractivity contribution in [2.75, 3.05) is 9.80 Å². The molecule has 12 aromatic carbocycles. The molecule has 0 saturated heterocycles. The molecule has 0 radical (unpaired) electrons. The Kier molecular flexibility index (Phi) is 16.2. The van der Waals surface area contributed by atoms with Crippen LogP contribution in [0.25, 0.3) is 55.0 Å². The van der Waals surface area contributed by atoms with Gasteiger partial charge in [-0.3, -0.25) is 0 Å². The van der Waals surface area contributed by atoms with Gasteiger partial charge in [0.1, 0.15) is 16.7 Å². The molecule has 14 aromatic rings. The molecule has 0 spiro atoms. The van der Waals surface area contributed by atoms with Crippen molar-refractivity contribution in [2.45, 2.75) is 162 Å². The molecule has 1 atom stereocenters. The summed E-state index contributed by atoms with van der Waals surface area (Å²) in [6, 6.07) is 102. The number of furan rings is 2. The number of benzene rings is 12. The van der Waals surface area contributed by atoms with E-state index in [0.29, 0.717) is 0 Å². The van der Waals surface area contributed by atoms with Crippen LogP contribution in [0, 0.1) is 0 Å². The van der Waals surface area contributed by atoms with Crippen molar-refractivity contribution in [1.82, 2.24) is 0 Å². The van der Waals surface area contributed by atoms with Gasteiger partial charge in [-0.2, -0.15) is 0 Å². The van der Waals surface area contributed by atoms with Gasteiger partial charge in [-0.1, -0.05) is 319 Å². The van der Waals surface area contributed by atoms with Crippen LogP contribution < -0.4 is 25.4 Å². The molecule has 2 aromatic heterocycles. The Labute approximate surface area is 606 Å². The lowest BCUT2D eigenvalue weighted by molar-refractivity contribution is 0.589. The van der Waals surface area contributed by atoms with Crippen molar-refractivity contribution in [2.24, 2.45) is 0 Å². The molecule has 0 amide bonds. The Balaban J connectivity index is 1.14. The minimum atomic E-state index is -3.01. The molecule has 4 nitrogen and oxygen atoms in total. The first-order valence-corrected chi connectivity index (χ1v) is 38.7. The third kappa shape index (κ3) is 11.2. The van der Waals surface area contributed by atoms with Crippen LogP contribution in [0.5, 0.6) is 0 Å². The Morgan fingerprint density at radius 1 is 0.284 bits per heavy atom. The number of nitrogens with zero attached hydrogens (tertiary/aromatic N) is 2. The lowest BCUT2D eigenvalue weighted by Gasteiger charge is -2.45. The largest absolute Gasteiger partial charge is 0.455 e. The number of hydrogen-bond acceptors (Lipinski definition) is 4. The number of rotatable bonds is 11. The first-order valence-electron chi connectivity index (χ1n) is 36.7. The summed E-state index contributed by atoms with van der Waals surface area (Å²) in [6.07, 6.45) is 0. The van der Waals surface area contributed by atoms with E-state index < -0.39 is 13.5 Å². The Morgan fingerprint density at radius 2 is 0.588 bits per heavy atom. The second-order valence-corrected chi connectivity index (χ2v) is 39.7. The minimum absolute atomic E-state index is 0.0141. The van der Waals surface area contributed by atoms with Crippen molar-refractivity contribution in [3.8, 4) is 11.1 Å². The molecule has 5 heteroatoms. The summed E-state index contributed by atoms with van der Waals surface area (Å²) in [5, 5.41) is 8.12.